The molecule has 88 valence electrons. The second-order valence-corrected chi connectivity index (χ2v) is 3.48. The molecule has 16 heavy (non-hydrogen) atoms. The number of rotatable bonds is 4. The topological polar surface area (TPSA) is 69.2 Å². The molecule has 1 aromatic rings. The molecule has 0 heterocycles. The summed E-state index contributed by atoms with van der Waals surface area (Å²) in [6.07, 6.45) is -2.56. The monoisotopic (exact) mass is 230 g/mol. The van der Waals surface area contributed by atoms with Crippen molar-refractivity contribution in [1.29, 1.82) is 0 Å². The van der Waals surface area contributed by atoms with Crippen LogP contribution >= 0.6 is 0 Å². The third-order valence-electron chi connectivity index (χ3n) is 2.40. The van der Waals surface area contributed by atoms with Crippen LogP contribution in [0.25, 0.3) is 0 Å². The molecule has 0 fully saturated rings. The lowest BCUT2D eigenvalue weighted by atomic mass is 9.97. The first kappa shape index (κ1) is 12.5. The van der Waals surface area contributed by atoms with Crippen LogP contribution in [0.4, 0.5) is 14.5 Å². The van der Waals surface area contributed by atoms with Crippen LogP contribution in [-0.2, 0) is 0 Å². The highest BCUT2D eigenvalue weighted by Crippen LogP contribution is 2.26. The highest BCUT2D eigenvalue weighted by molar-refractivity contribution is 5.43. The molecule has 1 atom stereocenters. The van der Waals surface area contributed by atoms with Gasteiger partial charge in [0.05, 0.1) is 10.8 Å². The third kappa shape index (κ3) is 2.52. The molecule has 0 aliphatic rings. The van der Waals surface area contributed by atoms with E-state index in [1.807, 2.05) is 0 Å². The lowest BCUT2D eigenvalue weighted by molar-refractivity contribution is -0.385. The van der Waals surface area contributed by atoms with Gasteiger partial charge < -0.3 is 5.73 Å². The molecule has 0 aliphatic heterocycles. The number of hydrogen-bond donors (Lipinski definition) is 1. The van der Waals surface area contributed by atoms with Crippen LogP contribution in [0.1, 0.15) is 17.0 Å². The molecule has 6 heteroatoms. The van der Waals surface area contributed by atoms with Crippen LogP contribution in [0.15, 0.2) is 18.2 Å². The number of alkyl halides is 2. The standard InChI is InChI=1S/C10H12F2N2O2/c1-6-4-7(8(5-13)10(11)12)2-3-9(6)14(15)16/h2-4,8,10H,5,13H2,1H3. The van der Waals surface area contributed by atoms with E-state index in [4.69, 9.17) is 5.73 Å². The van der Waals surface area contributed by atoms with Crippen LogP contribution < -0.4 is 5.73 Å². The van der Waals surface area contributed by atoms with E-state index >= 15 is 0 Å². The average molecular weight is 230 g/mol. The maximum atomic E-state index is 12.6. The smallest absolute Gasteiger partial charge is 0.272 e. The molecule has 0 amide bonds. The summed E-state index contributed by atoms with van der Waals surface area (Å²) in [5, 5.41) is 10.5. The minimum atomic E-state index is -2.56. The number of halogens is 2. The highest BCUT2D eigenvalue weighted by atomic mass is 19.3. The normalized spacial score (nSPS) is 12.8. The predicted octanol–water partition coefficient (Wildman–Crippen LogP) is 2.21. The van der Waals surface area contributed by atoms with Gasteiger partial charge in [0.1, 0.15) is 0 Å². The van der Waals surface area contributed by atoms with Gasteiger partial charge in [0.15, 0.2) is 0 Å². The summed E-state index contributed by atoms with van der Waals surface area (Å²) in [6, 6.07) is 3.95. The van der Waals surface area contributed by atoms with Gasteiger partial charge in [0.25, 0.3) is 5.69 Å². The lowest BCUT2D eigenvalue weighted by Crippen LogP contribution is -2.19. The number of aryl methyl sites for hydroxylation is 1. The number of nitrogens with zero attached hydrogens (tertiary/aromatic N) is 1. The Kier molecular flexibility index (Phi) is 3.89. The Morgan fingerprint density at radius 3 is 2.50 bits per heavy atom. The summed E-state index contributed by atoms with van der Waals surface area (Å²) >= 11 is 0. The van der Waals surface area contributed by atoms with Crippen LogP contribution in [0, 0.1) is 17.0 Å². The summed E-state index contributed by atoms with van der Waals surface area (Å²) in [7, 11) is 0. The van der Waals surface area contributed by atoms with Crippen molar-refractivity contribution < 1.29 is 13.7 Å². The Morgan fingerprint density at radius 1 is 1.50 bits per heavy atom. The van der Waals surface area contributed by atoms with E-state index in [9.17, 15) is 18.9 Å². The van der Waals surface area contributed by atoms with Crippen molar-refractivity contribution in [1.82, 2.24) is 0 Å². The molecule has 0 radical (unpaired) electrons. The fraction of sp³-hybridized carbons (Fsp3) is 0.400. The van der Waals surface area contributed by atoms with Crippen molar-refractivity contribution in [3.05, 3.63) is 39.4 Å². The first-order valence-corrected chi connectivity index (χ1v) is 4.70. The zero-order valence-electron chi connectivity index (χ0n) is 8.69. The molecular formula is C10H12F2N2O2. The Morgan fingerprint density at radius 2 is 2.12 bits per heavy atom. The summed E-state index contributed by atoms with van der Waals surface area (Å²) in [6.45, 7) is 1.33. The van der Waals surface area contributed by atoms with Crippen molar-refractivity contribution in [2.75, 3.05) is 6.54 Å². The average Bonchev–Trinajstić information content (AvgIpc) is 2.17. The molecule has 0 bridgehead atoms. The third-order valence-corrected chi connectivity index (χ3v) is 2.40. The summed E-state index contributed by atoms with van der Waals surface area (Å²) in [5.74, 6) is -1.07. The van der Waals surface area contributed by atoms with Crippen LogP contribution in [0.3, 0.4) is 0 Å². The summed E-state index contributed by atoms with van der Waals surface area (Å²) in [5.41, 5.74) is 5.86. The molecule has 2 N–H and O–H groups in total. The fourth-order valence-corrected chi connectivity index (χ4v) is 1.50. The van der Waals surface area contributed by atoms with Crippen molar-refractivity contribution in [3.8, 4) is 0 Å². The van der Waals surface area contributed by atoms with Crippen LogP contribution in [0.2, 0.25) is 0 Å². The largest absolute Gasteiger partial charge is 0.330 e. The van der Waals surface area contributed by atoms with E-state index < -0.39 is 17.3 Å². The molecule has 1 aromatic carbocycles. The predicted molar refractivity (Wildman–Crippen MR) is 55.6 cm³/mol. The molecule has 0 saturated heterocycles. The van der Waals surface area contributed by atoms with Gasteiger partial charge in [-0.2, -0.15) is 0 Å². The molecule has 0 saturated carbocycles. The maximum Gasteiger partial charge on any atom is 0.272 e. The van der Waals surface area contributed by atoms with Gasteiger partial charge in [-0.15, -0.1) is 0 Å². The Labute approximate surface area is 91.2 Å². The van der Waals surface area contributed by atoms with E-state index in [-0.39, 0.29) is 12.2 Å². The van der Waals surface area contributed by atoms with Gasteiger partial charge in [-0.1, -0.05) is 6.07 Å². The second-order valence-electron chi connectivity index (χ2n) is 3.48. The van der Waals surface area contributed by atoms with E-state index in [1.54, 1.807) is 0 Å². The van der Waals surface area contributed by atoms with Gasteiger partial charge in [-0.3, -0.25) is 10.1 Å². The first-order chi connectivity index (χ1) is 7.47. The SMILES string of the molecule is Cc1cc(C(CN)C(F)F)ccc1[N+](=O)[O-]. The number of nitro benzene ring substituents is 1. The van der Waals surface area contributed by atoms with Crippen molar-refractivity contribution in [2.45, 2.75) is 19.3 Å². The minimum Gasteiger partial charge on any atom is -0.330 e. The molecule has 0 spiro atoms. The van der Waals surface area contributed by atoms with Crippen molar-refractivity contribution in [2.24, 2.45) is 5.73 Å². The maximum absolute atomic E-state index is 12.6. The zero-order chi connectivity index (χ0) is 12.3. The molecule has 0 aliphatic carbocycles. The molecule has 4 nitrogen and oxygen atoms in total. The first-order valence-electron chi connectivity index (χ1n) is 4.70. The van der Waals surface area contributed by atoms with Crippen molar-refractivity contribution in [3.63, 3.8) is 0 Å². The fourth-order valence-electron chi connectivity index (χ4n) is 1.50. The van der Waals surface area contributed by atoms with Gasteiger partial charge >= 0.3 is 0 Å². The van der Waals surface area contributed by atoms with Gasteiger partial charge in [-0.25, -0.2) is 8.78 Å². The summed E-state index contributed by atoms with van der Waals surface area (Å²) < 4.78 is 25.1. The lowest BCUT2D eigenvalue weighted by Gasteiger charge is -2.14. The number of nitro groups is 1. The van der Waals surface area contributed by atoms with Gasteiger partial charge in [-0.05, 0) is 18.6 Å². The molecular weight excluding hydrogens is 218 g/mol. The summed E-state index contributed by atoms with van der Waals surface area (Å²) in [4.78, 5) is 10.00. The van der Waals surface area contributed by atoms with E-state index in [0.29, 0.717) is 11.1 Å². The Hall–Kier alpha value is -1.56. The van der Waals surface area contributed by atoms with Gasteiger partial charge in [0.2, 0.25) is 6.43 Å². The van der Waals surface area contributed by atoms with Crippen LogP contribution in [0.5, 0.6) is 0 Å². The molecule has 1 unspecified atom stereocenters. The molecule has 1 rings (SSSR count). The second kappa shape index (κ2) is 4.98. The van der Waals surface area contributed by atoms with E-state index in [2.05, 4.69) is 0 Å². The minimum absolute atomic E-state index is 0.0752. The van der Waals surface area contributed by atoms with E-state index in [1.165, 1.54) is 25.1 Å². The molecule has 0 aromatic heterocycles. The Bertz CT molecular complexity index is 396. The van der Waals surface area contributed by atoms with Gasteiger partial charge in [0, 0.05) is 18.2 Å². The number of nitrogens with two attached hydrogens (primary N) is 1. The number of hydrogen-bond acceptors (Lipinski definition) is 3. The highest BCUT2D eigenvalue weighted by Gasteiger charge is 2.22. The zero-order valence-corrected chi connectivity index (χ0v) is 8.69. The number of benzene rings is 1. The van der Waals surface area contributed by atoms with E-state index in [0.717, 1.165) is 0 Å². The van der Waals surface area contributed by atoms with Crippen LogP contribution in [-0.4, -0.2) is 17.9 Å². The Balaban J connectivity index is 3.09. The quantitative estimate of drug-likeness (QED) is 0.636. The van der Waals surface area contributed by atoms with Crippen molar-refractivity contribution >= 4 is 5.69 Å².